The Morgan fingerprint density at radius 2 is 1.64 bits per heavy atom. The highest BCUT2D eigenvalue weighted by Gasteiger charge is 2.43. The first kappa shape index (κ1) is 26.0. The zero-order valence-corrected chi connectivity index (χ0v) is 21.4. The number of nitro groups is 2. The predicted octanol–water partition coefficient (Wildman–Crippen LogP) is 6.99. The van der Waals surface area contributed by atoms with Crippen LogP contribution >= 0.6 is 11.6 Å². The number of carbonyl (C=O) groups excluding carboxylic acids is 1. The minimum atomic E-state index is -0.531. The highest BCUT2D eigenvalue weighted by atomic mass is 35.5. The summed E-state index contributed by atoms with van der Waals surface area (Å²) in [7, 11) is 0. The van der Waals surface area contributed by atoms with Crippen molar-refractivity contribution in [3.8, 4) is 0 Å². The van der Waals surface area contributed by atoms with Crippen LogP contribution in [0.3, 0.4) is 0 Å². The van der Waals surface area contributed by atoms with Gasteiger partial charge < -0.3 is 0 Å². The third-order valence-corrected chi connectivity index (χ3v) is 7.11. The third-order valence-electron chi connectivity index (χ3n) is 6.86. The number of halogens is 1. The summed E-state index contributed by atoms with van der Waals surface area (Å²) in [5.74, 6) is -0.545. The van der Waals surface area contributed by atoms with Crippen molar-refractivity contribution in [2.24, 2.45) is 11.0 Å². The molecule has 0 bridgehead atoms. The van der Waals surface area contributed by atoms with Gasteiger partial charge >= 0.3 is 0 Å². The number of hydrogen-bond donors (Lipinski definition) is 0. The van der Waals surface area contributed by atoms with Gasteiger partial charge in [-0.25, -0.2) is 5.01 Å². The minimum absolute atomic E-state index is 0.0105. The lowest BCUT2D eigenvalue weighted by Crippen LogP contribution is -2.31. The molecule has 0 aromatic heterocycles. The summed E-state index contributed by atoms with van der Waals surface area (Å²) in [4.78, 5) is 35.4. The van der Waals surface area contributed by atoms with E-state index in [-0.39, 0.29) is 23.2 Å². The van der Waals surface area contributed by atoms with Crippen LogP contribution in [0.4, 0.5) is 11.4 Å². The summed E-state index contributed by atoms with van der Waals surface area (Å²) in [6.45, 7) is 0. The molecule has 0 spiro atoms. The van der Waals surface area contributed by atoms with Gasteiger partial charge in [0.15, 0.2) is 0 Å². The molecule has 1 amide bonds. The number of hydrogen-bond acceptors (Lipinski definition) is 6. The Morgan fingerprint density at radius 1 is 0.949 bits per heavy atom. The number of allylic oxidation sites excluding steroid dienone is 1. The van der Waals surface area contributed by atoms with Gasteiger partial charge in [0, 0.05) is 41.3 Å². The van der Waals surface area contributed by atoms with E-state index in [1.807, 2.05) is 6.08 Å². The average molecular weight is 543 g/mol. The van der Waals surface area contributed by atoms with Gasteiger partial charge in [-0.2, -0.15) is 5.10 Å². The summed E-state index contributed by atoms with van der Waals surface area (Å²) < 4.78 is 0. The van der Waals surface area contributed by atoms with Crippen molar-refractivity contribution in [2.75, 3.05) is 0 Å². The molecule has 1 aliphatic heterocycles. The zero-order valence-electron chi connectivity index (χ0n) is 20.6. The van der Waals surface area contributed by atoms with E-state index >= 15 is 0 Å². The highest BCUT2D eigenvalue weighted by Crippen LogP contribution is 2.45. The summed E-state index contributed by atoms with van der Waals surface area (Å²) in [6, 6.07) is 19.2. The van der Waals surface area contributed by atoms with Crippen LogP contribution in [0, 0.1) is 26.1 Å². The molecule has 1 fully saturated rings. The minimum Gasteiger partial charge on any atom is -0.268 e. The largest absolute Gasteiger partial charge is 0.270 e. The molecule has 39 heavy (non-hydrogen) atoms. The van der Waals surface area contributed by atoms with E-state index in [9.17, 15) is 25.0 Å². The first-order valence-corrected chi connectivity index (χ1v) is 12.7. The Bertz CT molecular complexity index is 1550. The number of fused-ring (bicyclic) bond motifs is 1. The molecular formula is C29H23ClN4O5. The SMILES string of the molecule is O=C(/C=C/c1ccc(Cl)cc1)N1N=C2/C(=C/c3cccc([N+](=O)[O-])c3)CCC[C@@H]2[C@@H]1c1cccc([N+](=O)[O-])c1. The second kappa shape index (κ2) is 11.0. The number of non-ortho nitro benzene ring substituents is 2. The second-order valence-corrected chi connectivity index (χ2v) is 9.81. The van der Waals surface area contributed by atoms with Gasteiger partial charge in [0.2, 0.25) is 0 Å². The van der Waals surface area contributed by atoms with Crippen molar-refractivity contribution in [3.63, 3.8) is 0 Å². The van der Waals surface area contributed by atoms with Crippen LogP contribution in [0.5, 0.6) is 0 Å². The maximum absolute atomic E-state index is 13.5. The van der Waals surface area contributed by atoms with E-state index in [4.69, 9.17) is 16.7 Å². The van der Waals surface area contributed by atoms with Crippen molar-refractivity contribution in [3.05, 3.63) is 126 Å². The van der Waals surface area contributed by atoms with Crippen molar-refractivity contribution in [2.45, 2.75) is 25.3 Å². The van der Waals surface area contributed by atoms with Gasteiger partial charge in [-0.1, -0.05) is 48.0 Å². The smallest absolute Gasteiger partial charge is 0.268 e. The summed E-state index contributed by atoms with van der Waals surface area (Å²) in [6.07, 6.45) is 7.23. The number of nitro benzene ring substituents is 2. The van der Waals surface area contributed by atoms with Crippen LogP contribution < -0.4 is 0 Å². The van der Waals surface area contributed by atoms with Gasteiger partial charge in [-0.15, -0.1) is 0 Å². The molecule has 0 N–H and O–H groups in total. The first-order valence-electron chi connectivity index (χ1n) is 12.4. The Hall–Kier alpha value is -4.63. The maximum atomic E-state index is 13.5. The van der Waals surface area contributed by atoms with E-state index in [1.54, 1.807) is 54.6 Å². The van der Waals surface area contributed by atoms with Gasteiger partial charge in [-0.05, 0) is 65.8 Å². The highest BCUT2D eigenvalue weighted by molar-refractivity contribution is 6.30. The topological polar surface area (TPSA) is 119 Å². The quantitative estimate of drug-likeness (QED) is 0.189. The molecular weight excluding hydrogens is 520 g/mol. The first-order chi connectivity index (χ1) is 18.8. The fourth-order valence-electron chi connectivity index (χ4n) is 5.09. The Kier molecular flexibility index (Phi) is 7.33. The fourth-order valence-corrected chi connectivity index (χ4v) is 5.21. The van der Waals surface area contributed by atoms with Crippen molar-refractivity contribution in [1.82, 2.24) is 5.01 Å². The second-order valence-electron chi connectivity index (χ2n) is 9.37. The molecule has 2 atom stereocenters. The van der Waals surface area contributed by atoms with Crippen molar-refractivity contribution in [1.29, 1.82) is 0 Å². The van der Waals surface area contributed by atoms with Crippen LogP contribution in [-0.4, -0.2) is 26.5 Å². The molecule has 10 heteroatoms. The number of benzene rings is 3. The van der Waals surface area contributed by atoms with E-state index < -0.39 is 15.9 Å². The molecule has 196 valence electrons. The summed E-state index contributed by atoms with van der Waals surface area (Å²) in [5, 5.41) is 29.5. The van der Waals surface area contributed by atoms with Gasteiger partial charge in [0.05, 0.1) is 21.6 Å². The van der Waals surface area contributed by atoms with Crippen LogP contribution in [0.2, 0.25) is 5.02 Å². The fraction of sp³-hybridized carbons (Fsp3) is 0.172. The van der Waals surface area contributed by atoms with Crippen LogP contribution in [0.25, 0.3) is 12.2 Å². The van der Waals surface area contributed by atoms with Crippen molar-refractivity contribution < 1.29 is 14.6 Å². The molecule has 1 heterocycles. The Labute approximate surface area is 229 Å². The standard InChI is InChI=1S/C29H23ClN4O5/c30-23-13-10-19(11-14-23)12-15-27(35)32-29(22-6-2-8-25(18-22)34(38)39)26-9-3-5-21(28(26)31-32)16-20-4-1-7-24(17-20)33(36)37/h1-2,4,6-8,10-18,26,29H,3,5,9H2/b15-12+,21-16+/t26-,29-/m0/s1. The number of amides is 1. The zero-order chi connectivity index (χ0) is 27.5. The summed E-state index contributed by atoms with van der Waals surface area (Å²) in [5.41, 5.74) is 3.61. The molecule has 0 radical (unpaired) electrons. The molecule has 5 rings (SSSR count). The predicted molar refractivity (Wildman–Crippen MR) is 149 cm³/mol. The molecule has 2 aliphatic rings. The van der Waals surface area contributed by atoms with E-state index in [0.29, 0.717) is 22.6 Å². The number of hydrazone groups is 1. The molecule has 3 aromatic carbocycles. The lowest BCUT2D eigenvalue weighted by Gasteiger charge is -2.29. The normalized spacial score (nSPS) is 19.7. The van der Waals surface area contributed by atoms with E-state index in [0.717, 1.165) is 29.7 Å². The molecule has 1 aliphatic carbocycles. The third kappa shape index (κ3) is 5.63. The molecule has 1 saturated carbocycles. The lowest BCUT2D eigenvalue weighted by molar-refractivity contribution is -0.385. The average Bonchev–Trinajstić information content (AvgIpc) is 3.33. The maximum Gasteiger partial charge on any atom is 0.270 e. The number of carbonyl (C=O) groups is 1. The molecule has 9 nitrogen and oxygen atoms in total. The summed E-state index contributed by atoms with van der Waals surface area (Å²) >= 11 is 5.96. The molecule has 3 aromatic rings. The number of rotatable bonds is 6. The van der Waals surface area contributed by atoms with Crippen LogP contribution in [-0.2, 0) is 4.79 Å². The Morgan fingerprint density at radius 3 is 2.36 bits per heavy atom. The van der Waals surface area contributed by atoms with Gasteiger partial charge in [0.1, 0.15) is 0 Å². The van der Waals surface area contributed by atoms with Gasteiger partial charge in [0.25, 0.3) is 17.3 Å². The van der Waals surface area contributed by atoms with E-state index in [2.05, 4.69) is 0 Å². The molecule has 0 saturated heterocycles. The Balaban J connectivity index is 1.54. The molecule has 0 unspecified atom stereocenters. The monoisotopic (exact) mass is 542 g/mol. The van der Waals surface area contributed by atoms with Crippen molar-refractivity contribution >= 4 is 46.7 Å². The van der Waals surface area contributed by atoms with Crippen LogP contribution in [0.1, 0.15) is 42.0 Å². The van der Waals surface area contributed by atoms with Crippen LogP contribution in [0.15, 0.2) is 89.5 Å². The van der Waals surface area contributed by atoms with Gasteiger partial charge in [-0.3, -0.25) is 25.0 Å². The van der Waals surface area contributed by atoms with E-state index in [1.165, 1.54) is 35.4 Å². The lowest BCUT2D eigenvalue weighted by atomic mass is 9.77. The number of nitrogens with zero attached hydrogens (tertiary/aromatic N) is 4.